The number of rotatable bonds is 10. The van der Waals surface area contributed by atoms with Gasteiger partial charge in [-0.15, -0.1) is 0 Å². The van der Waals surface area contributed by atoms with E-state index in [2.05, 4.69) is 45.7 Å². The number of anilines is 2. The number of amides is 1. The maximum Gasteiger partial charge on any atom is 0.224 e. The largest absolute Gasteiger partial charge is 0.384 e. The summed E-state index contributed by atoms with van der Waals surface area (Å²) >= 11 is 0. The molecule has 4 N–H and O–H groups in total. The van der Waals surface area contributed by atoms with Gasteiger partial charge in [0.15, 0.2) is 0 Å². The molecule has 5 aromatic heterocycles. The molecule has 5 heterocycles. The van der Waals surface area contributed by atoms with Gasteiger partial charge in [-0.2, -0.15) is 5.10 Å². The molecular weight excluding hydrogens is 557 g/mol. The molecule has 0 aliphatic heterocycles. The number of benzene rings is 1. The predicted molar refractivity (Wildman–Crippen MR) is 173 cm³/mol. The Morgan fingerprint density at radius 3 is 2.57 bits per heavy atom. The van der Waals surface area contributed by atoms with Crippen LogP contribution < -0.4 is 10.6 Å². The zero-order valence-electron chi connectivity index (χ0n) is 25.1. The molecule has 6 rings (SSSR count). The lowest BCUT2D eigenvalue weighted by Crippen LogP contribution is -2.20. The first-order valence-electron chi connectivity index (χ1n) is 14.5. The van der Waals surface area contributed by atoms with Crippen LogP contribution in [0.25, 0.3) is 55.7 Å². The number of aromatic amines is 2. The summed E-state index contributed by atoms with van der Waals surface area (Å²) < 4.78 is 14.7. The van der Waals surface area contributed by atoms with Gasteiger partial charge in [-0.3, -0.25) is 24.8 Å². The molecule has 0 saturated carbocycles. The van der Waals surface area contributed by atoms with Gasteiger partial charge in [-0.1, -0.05) is 13.8 Å². The lowest BCUT2D eigenvalue weighted by molar-refractivity contribution is -0.116. The van der Waals surface area contributed by atoms with Crippen LogP contribution in [-0.4, -0.2) is 68.1 Å². The number of aromatic nitrogens is 6. The van der Waals surface area contributed by atoms with Crippen molar-refractivity contribution in [1.29, 1.82) is 0 Å². The van der Waals surface area contributed by atoms with Crippen LogP contribution in [0.4, 0.5) is 15.8 Å². The number of carbonyl (C=O) groups excluding carboxylic acids is 1. The van der Waals surface area contributed by atoms with E-state index in [1.54, 1.807) is 24.8 Å². The molecule has 0 bridgehead atoms. The van der Waals surface area contributed by atoms with E-state index in [-0.39, 0.29) is 17.6 Å². The highest BCUT2D eigenvalue weighted by Gasteiger charge is 2.17. The molecule has 0 saturated heterocycles. The average Bonchev–Trinajstić information content (AvgIpc) is 3.60. The summed E-state index contributed by atoms with van der Waals surface area (Å²) in [5, 5.41) is 15.6. The Balaban J connectivity index is 1.33. The smallest absolute Gasteiger partial charge is 0.224 e. The summed E-state index contributed by atoms with van der Waals surface area (Å²) in [5.74, 6) is -0.129. The summed E-state index contributed by atoms with van der Waals surface area (Å²) in [6, 6.07) is 12.6. The molecule has 224 valence electrons. The Morgan fingerprint density at radius 2 is 1.75 bits per heavy atom. The van der Waals surface area contributed by atoms with Gasteiger partial charge in [0.25, 0.3) is 0 Å². The fourth-order valence-electron chi connectivity index (χ4n) is 5.17. The Labute approximate surface area is 254 Å². The van der Waals surface area contributed by atoms with E-state index in [9.17, 15) is 9.18 Å². The second kappa shape index (κ2) is 12.2. The van der Waals surface area contributed by atoms with Crippen LogP contribution in [0.3, 0.4) is 0 Å². The summed E-state index contributed by atoms with van der Waals surface area (Å²) in [4.78, 5) is 31.4. The zero-order valence-corrected chi connectivity index (χ0v) is 25.1. The monoisotopic (exact) mass is 591 g/mol. The summed E-state index contributed by atoms with van der Waals surface area (Å²) in [7, 11) is 4.00. The molecule has 10 nitrogen and oxygen atoms in total. The minimum atomic E-state index is -0.333. The van der Waals surface area contributed by atoms with Gasteiger partial charge in [0.05, 0.1) is 40.7 Å². The van der Waals surface area contributed by atoms with E-state index in [0.717, 1.165) is 39.6 Å². The lowest BCUT2D eigenvalue weighted by Gasteiger charge is -2.12. The Bertz CT molecular complexity index is 1960. The molecule has 0 atom stereocenters. The highest BCUT2D eigenvalue weighted by molar-refractivity contribution is 6.00. The van der Waals surface area contributed by atoms with Crippen molar-refractivity contribution < 1.29 is 9.18 Å². The summed E-state index contributed by atoms with van der Waals surface area (Å²) in [5.41, 5.74) is 7.26. The number of nitrogens with zero attached hydrogens (tertiary/aromatic N) is 5. The van der Waals surface area contributed by atoms with Crippen LogP contribution in [0.1, 0.15) is 20.3 Å². The molecule has 6 aromatic rings. The number of hydrogen-bond acceptors (Lipinski definition) is 7. The third kappa shape index (κ3) is 6.28. The summed E-state index contributed by atoms with van der Waals surface area (Å²) in [6.45, 7) is 5.53. The van der Waals surface area contributed by atoms with Crippen molar-refractivity contribution in [2.75, 3.05) is 37.8 Å². The predicted octanol–water partition coefficient (Wildman–Crippen LogP) is 6.33. The van der Waals surface area contributed by atoms with Crippen molar-refractivity contribution in [3.63, 3.8) is 0 Å². The third-order valence-corrected chi connectivity index (χ3v) is 7.22. The van der Waals surface area contributed by atoms with Crippen molar-refractivity contribution in [3.8, 4) is 33.9 Å². The molecule has 0 aliphatic carbocycles. The van der Waals surface area contributed by atoms with Crippen molar-refractivity contribution >= 4 is 39.1 Å². The van der Waals surface area contributed by atoms with E-state index < -0.39 is 0 Å². The van der Waals surface area contributed by atoms with E-state index >= 15 is 0 Å². The van der Waals surface area contributed by atoms with Crippen molar-refractivity contribution in [3.05, 3.63) is 73.1 Å². The van der Waals surface area contributed by atoms with Gasteiger partial charge in [-0.05, 0) is 62.5 Å². The number of H-pyrrole nitrogens is 2. The molecule has 0 spiro atoms. The fourth-order valence-corrected chi connectivity index (χ4v) is 5.17. The highest BCUT2D eigenvalue weighted by atomic mass is 19.1. The Kier molecular flexibility index (Phi) is 8.03. The standard InChI is InChI=1S/C33H34FN9O/c1-19(2)9-31(44)39-24-12-21(16-35-17-24)28-14-26-30(18-38-28)41-42-33(26)29-15-25-27(40-29)5-6-37-32(25)20-10-22(34)13-23(11-20)36-7-8-43(3)4/h5-6,10-19,36,40H,7-9H2,1-4H3,(H,39,44)(H,41,42). The van der Waals surface area contributed by atoms with Crippen molar-refractivity contribution in [1.82, 2.24) is 35.0 Å². The molecule has 1 aromatic carbocycles. The highest BCUT2D eigenvalue weighted by Crippen LogP contribution is 2.35. The van der Waals surface area contributed by atoms with Crippen molar-refractivity contribution in [2.45, 2.75) is 20.3 Å². The van der Waals surface area contributed by atoms with Gasteiger partial charge >= 0.3 is 0 Å². The average molecular weight is 592 g/mol. The van der Waals surface area contributed by atoms with E-state index in [1.807, 2.05) is 58.3 Å². The van der Waals surface area contributed by atoms with Crippen LogP contribution in [0.15, 0.2) is 67.3 Å². The van der Waals surface area contributed by atoms with Gasteiger partial charge in [0.2, 0.25) is 5.91 Å². The molecule has 1 amide bonds. The van der Waals surface area contributed by atoms with Gasteiger partial charge in [0.1, 0.15) is 11.5 Å². The van der Waals surface area contributed by atoms with Crippen LogP contribution >= 0.6 is 0 Å². The minimum Gasteiger partial charge on any atom is -0.384 e. The number of halogens is 1. The number of likely N-dealkylation sites (N-methyl/N-ethyl adjacent to an activating group) is 1. The quantitative estimate of drug-likeness (QED) is 0.147. The third-order valence-electron chi connectivity index (χ3n) is 7.22. The molecular formula is C33H34FN9O. The molecule has 44 heavy (non-hydrogen) atoms. The number of fused-ring (bicyclic) bond motifs is 2. The lowest BCUT2D eigenvalue weighted by atomic mass is 10.1. The normalized spacial score (nSPS) is 11.6. The van der Waals surface area contributed by atoms with Crippen LogP contribution in [-0.2, 0) is 4.79 Å². The van der Waals surface area contributed by atoms with E-state index in [1.165, 1.54) is 12.1 Å². The van der Waals surface area contributed by atoms with Gasteiger partial charge < -0.3 is 20.5 Å². The fraction of sp³-hybridized carbons (Fsp3) is 0.242. The molecule has 0 aliphatic rings. The number of nitrogens with one attached hydrogen (secondary N) is 4. The first kappa shape index (κ1) is 28.9. The topological polar surface area (TPSA) is 128 Å². The first-order valence-corrected chi connectivity index (χ1v) is 14.5. The molecule has 11 heteroatoms. The second-order valence-electron chi connectivity index (χ2n) is 11.6. The SMILES string of the molecule is CC(C)CC(=O)Nc1cncc(-c2cc3c(-c4cc5c(-c6cc(F)cc(NCCN(C)C)c6)nccc5[nH]4)n[nH]c3cn2)c1. The van der Waals surface area contributed by atoms with E-state index in [0.29, 0.717) is 47.0 Å². The molecule has 0 unspecified atom stereocenters. The Hall–Kier alpha value is -5.16. The maximum absolute atomic E-state index is 14.7. The van der Waals surface area contributed by atoms with Crippen LogP contribution in [0, 0.1) is 11.7 Å². The van der Waals surface area contributed by atoms with Crippen LogP contribution in [0.2, 0.25) is 0 Å². The molecule has 0 fully saturated rings. The number of pyridine rings is 3. The Morgan fingerprint density at radius 1 is 0.932 bits per heavy atom. The first-order chi connectivity index (χ1) is 21.2. The van der Waals surface area contributed by atoms with Gasteiger partial charge in [0, 0.05) is 65.0 Å². The zero-order chi connectivity index (χ0) is 30.8. The number of hydrogen-bond donors (Lipinski definition) is 4. The van der Waals surface area contributed by atoms with Gasteiger partial charge in [-0.25, -0.2) is 4.39 Å². The van der Waals surface area contributed by atoms with Crippen molar-refractivity contribution in [2.24, 2.45) is 5.92 Å². The minimum absolute atomic E-state index is 0.0535. The number of carbonyl (C=O) groups is 1. The second-order valence-corrected chi connectivity index (χ2v) is 11.6. The van der Waals surface area contributed by atoms with E-state index in [4.69, 9.17) is 0 Å². The maximum atomic E-state index is 14.7. The summed E-state index contributed by atoms with van der Waals surface area (Å²) in [6.07, 6.45) is 7.23. The van der Waals surface area contributed by atoms with Crippen LogP contribution in [0.5, 0.6) is 0 Å². The molecule has 0 radical (unpaired) electrons.